The predicted octanol–water partition coefficient (Wildman–Crippen LogP) is 6.84. The molecule has 3 rings (SSSR count). The fourth-order valence-electron chi connectivity index (χ4n) is 3.93. The minimum absolute atomic E-state index is 0.105. The maximum absolute atomic E-state index is 11.9. The van der Waals surface area contributed by atoms with Crippen LogP contribution in [0.15, 0.2) is 47.5 Å². The average Bonchev–Trinajstić information content (AvgIpc) is 2.85. The van der Waals surface area contributed by atoms with Crippen molar-refractivity contribution in [1.82, 2.24) is 5.32 Å². The van der Waals surface area contributed by atoms with E-state index >= 15 is 0 Å². The predicted molar refractivity (Wildman–Crippen MR) is 159 cm³/mol. The molecular formula is C30H43N3O5Si. The van der Waals surface area contributed by atoms with Crippen LogP contribution in [0.1, 0.15) is 44.7 Å². The van der Waals surface area contributed by atoms with Crippen molar-refractivity contribution in [3.63, 3.8) is 0 Å². The molecule has 0 spiro atoms. The van der Waals surface area contributed by atoms with Gasteiger partial charge in [-0.2, -0.15) is 0 Å². The van der Waals surface area contributed by atoms with Crippen molar-refractivity contribution in [2.24, 2.45) is 4.99 Å². The molecule has 2 aromatic carbocycles. The number of nitrogens with one attached hydrogen (secondary N) is 2. The fraction of sp³-hybridized carbons (Fsp3) is 0.500. The van der Waals surface area contributed by atoms with E-state index < -0.39 is 19.8 Å². The number of carbonyl (C=O) groups excluding carboxylic acids is 1. The Balaban J connectivity index is 1.54. The Kier molecular flexibility index (Phi) is 10.7. The summed E-state index contributed by atoms with van der Waals surface area (Å²) in [4.78, 5) is 16.5. The molecule has 0 saturated heterocycles. The molecule has 1 atom stereocenters. The van der Waals surface area contributed by atoms with Gasteiger partial charge in [0, 0.05) is 27.3 Å². The smallest absolute Gasteiger partial charge is 0.407 e. The Hall–Kier alpha value is -3.17. The highest BCUT2D eigenvalue weighted by molar-refractivity contribution is 6.76. The summed E-state index contributed by atoms with van der Waals surface area (Å²) in [6.45, 7) is 13.9. The Morgan fingerprint density at radius 3 is 2.54 bits per heavy atom. The lowest BCUT2D eigenvalue weighted by Crippen LogP contribution is -2.40. The summed E-state index contributed by atoms with van der Waals surface area (Å²) in [6, 6.07) is 14.7. The molecule has 1 unspecified atom stereocenters. The number of amides is 1. The van der Waals surface area contributed by atoms with E-state index in [0.29, 0.717) is 19.7 Å². The van der Waals surface area contributed by atoms with Gasteiger partial charge < -0.3 is 29.7 Å². The number of aliphatic imine (C=N–C) groups is 1. The van der Waals surface area contributed by atoms with E-state index in [9.17, 15) is 4.79 Å². The summed E-state index contributed by atoms with van der Waals surface area (Å²) in [6.07, 6.45) is 2.89. The van der Waals surface area contributed by atoms with Gasteiger partial charge in [0.05, 0.1) is 12.3 Å². The van der Waals surface area contributed by atoms with Crippen molar-refractivity contribution < 1.29 is 23.7 Å². The molecule has 0 fully saturated rings. The van der Waals surface area contributed by atoms with Gasteiger partial charge in [-0.05, 0) is 93.2 Å². The van der Waals surface area contributed by atoms with Gasteiger partial charge >= 0.3 is 6.09 Å². The summed E-state index contributed by atoms with van der Waals surface area (Å²) >= 11 is 0. The highest BCUT2D eigenvalue weighted by Gasteiger charge is 2.23. The van der Waals surface area contributed by atoms with Gasteiger partial charge in [-0.25, -0.2) is 4.79 Å². The molecule has 39 heavy (non-hydrogen) atoms. The number of hydrogen-bond donors (Lipinski definition) is 2. The molecule has 0 bridgehead atoms. The third kappa shape index (κ3) is 10.8. The van der Waals surface area contributed by atoms with E-state index in [0.717, 1.165) is 59.6 Å². The Bertz CT molecular complexity index is 1140. The molecule has 212 valence electrons. The van der Waals surface area contributed by atoms with Gasteiger partial charge in [0.2, 0.25) is 0 Å². The number of fused-ring (bicyclic) bond motifs is 1. The van der Waals surface area contributed by atoms with Crippen LogP contribution in [0, 0.1) is 5.41 Å². The van der Waals surface area contributed by atoms with Crippen LogP contribution < -0.4 is 14.8 Å². The molecule has 1 aliphatic rings. The molecule has 8 nitrogen and oxygen atoms in total. The lowest BCUT2D eigenvalue weighted by molar-refractivity contribution is 0.0494. The zero-order chi connectivity index (χ0) is 28.5. The summed E-state index contributed by atoms with van der Waals surface area (Å²) in [5.41, 5.74) is 2.32. The zero-order valence-electron chi connectivity index (χ0n) is 24.1. The summed E-state index contributed by atoms with van der Waals surface area (Å²) < 4.78 is 23.2. The summed E-state index contributed by atoms with van der Waals surface area (Å²) in [5, 5.41) is 10.3. The second-order valence-corrected chi connectivity index (χ2v) is 17.5. The highest BCUT2D eigenvalue weighted by Crippen LogP contribution is 2.33. The summed E-state index contributed by atoms with van der Waals surface area (Å²) in [5.74, 6) is 2.26. The number of ether oxygens (including phenoxy) is 4. The molecule has 9 heteroatoms. The molecule has 0 aromatic heterocycles. The van der Waals surface area contributed by atoms with E-state index in [1.54, 1.807) is 0 Å². The lowest BCUT2D eigenvalue weighted by atomic mass is 10.0. The SMILES string of the molecule is CC(C)(C)OC(=O)NCC1CCc2cc(Oc3ccc(C(CC=N)=NCOCC[Si](C)(C)C)cc3)ccc2O1. The minimum Gasteiger partial charge on any atom is -0.488 e. The normalized spacial score (nSPS) is 15.6. The third-order valence-corrected chi connectivity index (χ3v) is 7.70. The van der Waals surface area contributed by atoms with Crippen molar-refractivity contribution >= 4 is 26.1 Å². The Morgan fingerprint density at radius 2 is 1.87 bits per heavy atom. The van der Waals surface area contributed by atoms with E-state index in [2.05, 4.69) is 30.0 Å². The van der Waals surface area contributed by atoms with Crippen molar-refractivity contribution in [3.8, 4) is 17.2 Å². The van der Waals surface area contributed by atoms with Crippen LogP contribution in [0.3, 0.4) is 0 Å². The quantitative estimate of drug-likeness (QED) is 0.170. The van der Waals surface area contributed by atoms with Gasteiger partial charge in [-0.1, -0.05) is 19.6 Å². The molecule has 1 heterocycles. The number of alkyl carbamates (subject to hydrolysis) is 1. The number of rotatable bonds is 12. The van der Waals surface area contributed by atoms with Crippen LogP contribution in [-0.2, 0) is 15.9 Å². The minimum atomic E-state index is -1.13. The molecule has 0 saturated carbocycles. The van der Waals surface area contributed by atoms with Gasteiger partial charge in [0.1, 0.15) is 35.7 Å². The molecule has 2 aromatic rings. The van der Waals surface area contributed by atoms with Crippen LogP contribution in [0.4, 0.5) is 4.79 Å². The van der Waals surface area contributed by atoms with Crippen LogP contribution in [-0.4, -0.2) is 57.7 Å². The van der Waals surface area contributed by atoms with Crippen molar-refractivity contribution in [2.45, 2.75) is 77.4 Å². The maximum Gasteiger partial charge on any atom is 0.407 e. The largest absolute Gasteiger partial charge is 0.488 e. The number of aryl methyl sites for hydroxylation is 1. The van der Waals surface area contributed by atoms with E-state index in [1.807, 2.05) is 63.2 Å². The molecular weight excluding hydrogens is 510 g/mol. The molecule has 1 aliphatic heterocycles. The van der Waals surface area contributed by atoms with Crippen LogP contribution in [0.25, 0.3) is 0 Å². The number of hydrogen-bond acceptors (Lipinski definition) is 7. The zero-order valence-corrected chi connectivity index (χ0v) is 25.1. The van der Waals surface area contributed by atoms with E-state index in [-0.39, 0.29) is 6.10 Å². The fourth-order valence-corrected chi connectivity index (χ4v) is 4.68. The molecule has 1 amide bonds. The van der Waals surface area contributed by atoms with Crippen LogP contribution in [0.5, 0.6) is 17.2 Å². The topological polar surface area (TPSA) is 102 Å². The standard InChI is InChI=1S/C30H43N3O5Si/c1-30(2,3)38-29(34)32-20-26-12-9-23-19-25(13-14-28(23)37-26)36-24-10-7-22(8-11-24)27(15-16-31)33-21-35-17-18-39(4,5)6/h7-8,10-11,13-14,16,19,26,31H,9,12,15,17-18,20-21H2,1-6H3,(H,32,34). The molecule has 2 N–H and O–H groups in total. The van der Waals surface area contributed by atoms with E-state index in [4.69, 9.17) is 24.4 Å². The first-order valence-corrected chi connectivity index (χ1v) is 17.3. The maximum atomic E-state index is 11.9. The van der Waals surface area contributed by atoms with Crippen molar-refractivity contribution in [2.75, 3.05) is 19.9 Å². The average molecular weight is 554 g/mol. The highest BCUT2D eigenvalue weighted by atomic mass is 28.3. The second kappa shape index (κ2) is 13.8. The third-order valence-electron chi connectivity index (χ3n) is 6.00. The van der Waals surface area contributed by atoms with Gasteiger partial charge in [0.25, 0.3) is 0 Å². The summed E-state index contributed by atoms with van der Waals surface area (Å²) in [7, 11) is -1.13. The van der Waals surface area contributed by atoms with E-state index in [1.165, 1.54) is 6.21 Å². The van der Waals surface area contributed by atoms with Crippen LogP contribution in [0.2, 0.25) is 25.7 Å². The first-order chi connectivity index (χ1) is 18.4. The number of carbonyl (C=O) groups is 1. The van der Waals surface area contributed by atoms with Gasteiger partial charge in [0.15, 0.2) is 0 Å². The van der Waals surface area contributed by atoms with Gasteiger partial charge in [-0.3, -0.25) is 4.99 Å². The Morgan fingerprint density at radius 1 is 1.15 bits per heavy atom. The lowest BCUT2D eigenvalue weighted by Gasteiger charge is -2.27. The first kappa shape index (κ1) is 30.4. The molecule has 0 radical (unpaired) electrons. The van der Waals surface area contributed by atoms with Gasteiger partial charge in [-0.15, -0.1) is 0 Å². The number of benzene rings is 2. The van der Waals surface area contributed by atoms with Crippen LogP contribution >= 0.6 is 0 Å². The second-order valence-electron chi connectivity index (χ2n) is 11.9. The number of nitrogens with zero attached hydrogens (tertiary/aromatic N) is 1. The monoisotopic (exact) mass is 553 g/mol. The first-order valence-electron chi connectivity index (χ1n) is 13.6. The van der Waals surface area contributed by atoms with Crippen molar-refractivity contribution in [1.29, 1.82) is 5.41 Å². The Labute approximate surface area is 233 Å². The molecule has 0 aliphatic carbocycles. The van der Waals surface area contributed by atoms with Crippen molar-refractivity contribution in [3.05, 3.63) is 53.6 Å².